The van der Waals surface area contributed by atoms with Gasteiger partial charge in [0.15, 0.2) is 0 Å². The number of nitrogens with zero attached hydrogens (tertiary/aromatic N) is 2. The lowest BCUT2D eigenvalue weighted by Gasteiger charge is -2.38. The molecule has 2 fully saturated rings. The molecule has 10 nitrogen and oxygen atoms in total. The third kappa shape index (κ3) is 5.62. The van der Waals surface area contributed by atoms with Crippen molar-refractivity contribution < 1.29 is 33.8 Å². The van der Waals surface area contributed by atoms with Gasteiger partial charge in [-0.05, 0) is 31.7 Å². The second kappa shape index (κ2) is 13.0. The quantitative estimate of drug-likeness (QED) is 0.368. The number of nitrogens with one attached hydrogen (secondary N) is 1. The molecule has 1 spiro atoms. The van der Waals surface area contributed by atoms with E-state index in [9.17, 15) is 24.3 Å². The Bertz CT molecular complexity index is 1260. The van der Waals surface area contributed by atoms with E-state index in [0.29, 0.717) is 31.5 Å². The summed E-state index contributed by atoms with van der Waals surface area (Å²) in [6, 6.07) is 7.01. The molecule has 0 bridgehead atoms. The van der Waals surface area contributed by atoms with Gasteiger partial charge in [-0.15, -0.1) is 0 Å². The van der Waals surface area contributed by atoms with Crippen molar-refractivity contribution in [2.75, 3.05) is 19.7 Å². The van der Waals surface area contributed by atoms with Crippen LogP contribution in [0.2, 0.25) is 0 Å². The number of rotatable bonds is 7. The number of carbonyl (C=O) groups is 4. The molecule has 0 unspecified atom stereocenters. The molecular weight excluding hydrogens is 550 g/mol. The van der Waals surface area contributed by atoms with Crippen LogP contribution in [0.25, 0.3) is 0 Å². The van der Waals surface area contributed by atoms with Crippen LogP contribution in [0.1, 0.15) is 64.5 Å². The molecule has 0 aromatic heterocycles. The number of ether oxygens (including phenoxy) is 2. The van der Waals surface area contributed by atoms with E-state index in [2.05, 4.69) is 12.2 Å². The number of likely N-dealkylation sites (tertiary alicyclic amines) is 1. The Morgan fingerprint density at radius 2 is 1.86 bits per heavy atom. The number of fused-ring (bicyclic) bond motifs is 2. The molecule has 0 radical (unpaired) electrons. The van der Waals surface area contributed by atoms with Gasteiger partial charge in [0, 0.05) is 19.5 Å². The minimum absolute atomic E-state index is 0.168. The molecule has 2 saturated heterocycles. The summed E-state index contributed by atoms with van der Waals surface area (Å²) < 4.78 is 12.9. The van der Waals surface area contributed by atoms with Gasteiger partial charge in [0.25, 0.3) is 0 Å². The fraction of sp³-hybridized carbons (Fsp3) is 0.576. The van der Waals surface area contributed by atoms with E-state index in [-0.39, 0.29) is 24.8 Å². The van der Waals surface area contributed by atoms with Crippen molar-refractivity contribution >= 4 is 23.7 Å². The monoisotopic (exact) mass is 593 g/mol. The molecule has 10 heteroatoms. The van der Waals surface area contributed by atoms with Crippen LogP contribution < -0.4 is 5.32 Å². The third-order valence-electron chi connectivity index (χ3n) is 9.22. The maximum absolute atomic E-state index is 14.5. The second-order valence-electron chi connectivity index (χ2n) is 12.0. The number of carbonyl (C=O) groups excluding carboxylic acids is 4. The van der Waals surface area contributed by atoms with Crippen molar-refractivity contribution in [3.63, 3.8) is 0 Å². The molecule has 2 N–H and O–H groups in total. The van der Waals surface area contributed by atoms with E-state index in [1.54, 1.807) is 30.1 Å². The molecule has 232 valence electrons. The van der Waals surface area contributed by atoms with Gasteiger partial charge in [-0.3, -0.25) is 19.2 Å². The first-order valence-corrected chi connectivity index (χ1v) is 15.6. The van der Waals surface area contributed by atoms with Crippen LogP contribution in [0.4, 0.5) is 0 Å². The average Bonchev–Trinajstić information content (AvgIpc) is 3.39. The lowest BCUT2D eigenvalue weighted by molar-refractivity contribution is -0.162. The molecule has 0 saturated carbocycles. The molecule has 5 rings (SSSR count). The first-order valence-electron chi connectivity index (χ1n) is 15.6. The van der Waals surface area contributed by atoms with Crippen molar-refractivity contribution in [2.24, 2.45) is 11.8 Å². The van der Waals surface area contributed by atoms with Gasteiger partial charge in [-0.2, -0.15) is 0 Å². The standard InChI is InChI=1S/C33H43N3O7/c1-4-6-18-35-19-12-17-33-27(30(39)36(23(5-2)20-37)29(33)31(35)40)26-24(43-33)15-10-11-16-25(38)34-21(3)28(42-32(26)41)22-13-8-7-9-14-22/h7-10,12-15,17,21,23-24,26-29,37H,4-6,11,16,18-20H2,1-3H3,(H,34,38)/b15-10-/t21-,23+,24-,26+,27+,28+,29-,33+/m1/s1. The van der Waals surface area contributed by atoms with Crippen LogP contribution in [0.3, 0.4) is 0 Å². The van der Waals surface area contributed by atoms with Crippen LogP contribution in [-0.2, 0) is 28.7 Å². The zero-order chi connectivity index (χ0) is 30.7. The first-order chi connectivity index (χ1) is 20.8. The van der Waals surface area contributed by atoms with E-state index in [4.69, 9.17) is 9.47 Å². The van der Waals surface area contributed by atoms with Gasteiger partial charge < -0.3 is 29.7 Å². The summed E-state index contributed by atoms with van der Waals surface area (Å²) in [4.78, 5) is 58.9. The van der Waals surface area contributed by atoms with Crippen LogP contribution >= 0.6 is 0 Å². The smallest absolute Gasteiger partial charge is 0.313 e. The molecular formula is C33H43N3O7. The topological polar surface area (TPSA) is 125 Å². The Labute approximate surface area is 253 Å². The predicted octanol–water partition coefficient (Wildman–Crippen LogP) is 2.68. The normalized spacial score (nSPS) is 34.2. The number of allylic oxidation sites excluding steroid dienone is 1. The summed E-state index contributed by atoms with van der Waals surface area (Å²) >= 11 is 0. The minimum Gasteiger partial charge on any atom is -0.455 e. The summed E-state index contributed by atoms with van der Waals surface area (Å²) in [6.45, 7) is 6.27. The van der Waals surface area contributed by atoms with Crippen molar-refractivity contribution in [1.29, 1.82) is 0 Å². The zero-order valence-corrected chi connectivity index (χ0v) is 25.2. The molecule has 3 amide bonds. The maximum Gasteiger partial charge on any atom is 0.313 e. The highest BCUT2D eigenvalue weighted by Crippen LogP contribution is 2.54. The lowest BCUT2D eigenvalue weighted by Crippen LogP contribution is -2.58. The number of benzene rings is 1. The SMILES string of the molecule is CCCCN1CC=C[C@]23O[C@@H]4/C=C\CCC(=O)N[C@H](C)[C@@H](c5ccccc5)OC(=O)[C@@H]4[C@H]2C(=O)N([C@@H](CC)CO)[C@@H]3C1=O. The van der Waals surface area contributed by atoms with Gasteiger partial charge in [-0.1, -0.05) is 74.9 Å². The van der Waals surface area contributed by atoms with Crippen molar-refractivity contribution in [3.05, 3.63) is 60.2 Å². The van der Waals surface area contributed by atoms with Crippen LogP contribution in [-0.4, -0.2) is 88.1 Å². The van der Waals surface area contributed by atoms with E-state index < -0.39 is 59.6 Å². The largest absolute Gasteiger partial charge is 0.455 e. The number of hydrogen-bond acceptors (Lipinski definition) is 7. The molecule has 43 heavy (non-hydrogen) atoms. The van der Waals surface area contributed by atoms with Gasteiger partial charge >= 0.3 is 5.97 Å². The first kappa shape index (κ1) is 30.9. The molecule has 1 aromatic rings. The lowest BCUT2D eigenvalue weighted by atomic mass is 9.77. The Kier molecular flexibility index (Phi) is 9.36. The molecule has 4 heterocycles. The summed E-state index contributed by atoms with van der Waals surface area (Å²) in [5.41, 5.74) is -0.709. The van der Waals surface area contributed by atoms with Crippen molar-refractivity contribution in [1.82, 2.24) is 15.1 Å². The summed E-state index contributed by atoms with van der Waals surface area (Å²) in [7, 11) is 0. The minimum atomic E-state index is -1.42. The van der Waals surface area contributed by atoms with E-state index in [1.807, 2.05) is 43.3 Å². The van der Waals surface area contributed by atoms with Gasteiger partial charge in [0.2, 0.25) is 17.7 Å². The van der Waals surface area contributed by atoms with Gasteiger partial charge in [0.05, 0.1) is 30.7 Å². The van der Waals surface area contributed by atoms with E-state index in [0.717, 1.165) is 12.8 Å². The fourth-order valence-corrected chi connectivity index (χ4v) is 7.05. The summed E-state index contributed by atoms with van der Waals surface area (Å²) in [6.07, 6.45) is 8.30. The predicted molar refractivity (Wildman–Crippen MR) is 158 cm³/mol. The Hall–Kier alpha value is -3.50. The number of aliphatic hydroxyl groups is 1. The third-order valence-corrected chi connectivity index (χ3v) is 9.22. The van der Waals surface area contributed by atoms with E-state index >= 15 is 0 Å². The fourth-order valence-electron chi connectivity index (χ4n) is 7.05. The van der Waals surface area contributed by atoms with Gasteiger partial charge in [-0.25, -0.2) is 0 Å². The Morgan fingerprint density at radius 3 is 2.56 bits per heavy atom. The maximum atomic E-state index is 14.5. The Balaban J connectivity index is 1.61. The highest BCUT2D eigenvalue weighted by atomic mass is 16.6. The number of amides is 3. The zero-order valence-electron chi connectivity index (χ0n) is 25.2. The number of hydrogen-bond donors (Lipinski definition) is 2. The van der Waals surface area contributed by atoms with Crippen molar-refractivity contribution in [3.8, 4) is 0 Å². The average molecular weight is 594 g/mol. The summed E-state index contributed by atoms with van der Waals surface area (Å²) in [5, 5.41) is 13.3. The van der Waals surface area contributed by atoms with Crippen LogP contribution in [0, 0.1) is 11.8 Å². The number of esters is 1. The molecule has 1 aromatic carbocycles. The van der Waals surface area contributed by atoms with Crippen LogP contribution in [0.15, 0.2) is 54.6 Å². The number of cyclic esters (lactones) is 1. The molecule has 0 aliphatic carbocycles. The van der Waals surface area contributed by atoms with Crippen molar-refractivity contribution in [2.45, 2.75) is 88.8 Å². The number of unbranched alkanes of at least 4 members (excludes halogenated alkanes) is 1. The second-order valence-corrected chi connectivity index (χ2v) is 12.0. The highest BCUT2D eigenvalue weighted by molar-refractivity contribution is 5.99. The molecule has 4 aliphatic heterocycles. The highest BCUT2D eigenvalue weighted by Gasteiger charge is 2.72. The van der Waals surface area contributed by atoms with Crippen LogP contribution in [0.5, 0.6) is 0 Å². The van der Waals surface area contributed by atoms with E-state index in [1.165, 1.54) is 4.90 Å². The molecule has 8 atom stereocenters. The Morgan fingerprint density at radius 1 is 1.09 bits per heavy atom. The van der Waals surface area contributed by atoms with Gasteiger partial charge in [0.1, 0.15) is 23.7 Å². The molecule has 4 aliphatic rings. The number of aliphatic hydroxyl groups excluding tert-OH is 1. The summed E-state index contributed by atoms with van der Waals surface area (Å²) in [5.74, 6) is -3.52.